The Hall–Kier alpha value is 0.960. The van der Waals surface area contributed by atoms with Crippen LogP contribution in [0.2, 0.25) is 0 Å². The Balaban J connectivity index is 0. The van der Waals surface area contributed by atoms with Gasteiger partial charge in [-0.05, 0) is 0 Å². The van der Waals surface area contributed by atoms with Gasteiger partial charge in [-0.25, -0.2) is 0 Å². The molecule has 1 nitrogen and oxygen atoms in total. The standard InChI is InChI=1S/C2H5O.Na/c1-2-3;/h3H,1-2H2;/q-1;+1. The van der Waals surface area contributed by atoms with Crippen molar-refractivity contribution in [1.29, 1.82) is 0 Å². The maximum Gasteiger partial charge on any atom is 1.00 e. The molecule has 0 heterocycles. The molecule has 1 N–H and O–H groups in total. The average molecular weight is 68.1 g/mol. The maximum absolute atomic E-state index is 7.46. The number of hydrogen-bond donors (Lipinski definition) is 1. The van der Waals surface area contributed by atoms with Crippen LogP contribution >= 0.6 is 0 Å². The van der Waals surface area contributed by atoms with Crippen molar-refractivity contribution in [2.24, 2.45) is 0 Å². The fourth-order valence-corrected chi connectivity index (χ4v) is 0. The Morgan fingerprint density at radius 3 is 1.75 bits per heavy atom. The molecule has 0 aromatic carbocycles. The van der Waals surface area contributed by atoms with Crippen LogP contribution in [-0.2, 0) is 0 Å². The third-order valence-electron chi connectivity index (χ3n) is 0. The zero-order valence-electron chi connectivity index (χ0n) is 2.86. The molecule has 4 heavy (non-hydrogen) atoms. The minimum absolute atomic E-state index is 0. The van der Waals surface area contributed by atoms with E-state index in [9.17, 15) is 0 Å². The first-order valence-corrected chi connectivity index (χ1v) is 0.816. The summed E-state index contributed by atoms with van der Waals surface area (Å²) < 4.78 is 0. The summed E-state index contributed by atoms with van der Waals surface area (Å²) in [5.74, 6) is 0. The molecule has 0 fully saturated rings. The third-order valence-corrected chi connectivity index (χ3v) is 0. The molecule has 0 aliphatic rings. The Labute approximate surface area is 48.3 Å². The first-order valence-electron chi connectivity index (χ1n) is 0.816. The second kappa shape index (κ2) is 9.03. The van der Waals surface area contributed by atoms with Gasteiger partial charge >= 0.3 is 29.6 Å². The van der Waals surface area contributed by atoms with Crippen molar-refractivity contribution < 1.29 is 34.7 Å². The zero-order chi connectivity index (χ0) is 2.71. The third kappa shape index (κ3) is 12.3. The average Bonchev–Trinajstić information content (AvgIpc) is 0.918. The van der Waals surface area contributed by atoms with E-state index in [-0.39, 0.29) is 36.2 Å². The molecule has 0 amide bonds. The number of hydrogen-bond acceptors (Lipinski definition) is 1. The summed E-state index contributed by atoms with van der Waals surface area (Å²) in [7, 11) is 0. The van der Waals surface area contributed by atoms with Crippen LogP contribution in [0.25, 0.3) is 0 Å². The van der Waals surface area contributed by atoms with Gasteiger partial charge in [0, 0.05) is 0 Å². The van der Waals surface area contributed by atoms with E-state index in [4.69, 9.17) is 5.11 Å². The first-order chi connectivity index (χ1) is 1.41. The Bertz CT molecular complexity index is 6.00. The molecule has 0 aliphatic heterocycles. The quantitative estimate of drug-likeness (QED) is 0.234. The molecule has 20 valence electrons. The van der Waals surface area contributed by atoms with E-state index in [0.29, 0.717) is 0 Å². The minimum Gasteiger partial charge on any atom is -0.428 e. The summed E-state index contributed by atoms with van der Waals surface area (Å²) in [4.78, 5) is 0. The number of aliphatic hydroxyl groups is 1. The fourth-order valence-electron chi connectivity index (χ4n) is 0. The van der Waals surface area contributed by atoms with Crippen LogP contribution in [0.1, 0.15) is 0 Å². The summed E-state index contributed by atoms with van der Waals surface area (Å²) in [6, 6.07) is 0. The van der Waals surface area contributed by atoms with Gasteiger partial charge in [0.25, 0.3) is 0 Å². The van der Waals surface area contributed by atoms with Crippen LogP contribution in [-0.4, -0.2) is 11.7 Å². The minimum atomic E-state index is 0. The summed E-state index contributed by atoms with van der Waals surface area (Å²) in [6.45, 7) is 3.04. The zero-order valence-corrected chi connectivity index (χ0v) is 4.86. The largest absolute Gasteiger partial charge is 1.00 e. The second-order valence-corrected chi connectivity index (χ2v) is 0.224. The monoisotopic (exact) mass is 68.0 g/mol. The maximum atomic E-state index is 7.46. The van der Waals surface area contributed by atoms with Crippen molar-refractivity contribution in [1.82, 2.24) is 0 Å². The molecule has 0 rings (SSSR count). The molecular formula is C2H5NaO. The molecule has 0 spiro atoms. The molecule has 0 aromatic rings. The van der Waals surface area contributed by atoms with E-state index in [1.165, 1.54) is 0 Å². The molecule has 0 bridgehead atoms. The molecular weight excluding hydrogens is 63.0 g/mol. The van der Waals surface area contributed by atoms with Gasteiger partial charge in [0.15, 0.2) is 0 Å². The predicted octanol–water partition coefficient (Wildman–Crippen LogP) is -3.18. The van der Waals surface area contributed by atoms with Crippen molar-refractivity contribution in [3.63, 3.8) is 0 Å². The van der Waals surface area contributed by atoms with Crippen LogP contribution in [0.4, 0.5) is 0 Å². The van der Waals surface area contributed by atoms with Gasteiger partial charge in [-0.3, -0.25) is 0 Å². The van der Waals surface area contributed by atoms with Crippen molar-refractivity contribution in [2.45, 2.75) is 0 Å². The molecule has 0 saturated heterocycles. The molecule has 0 aromatic heterocycles. The molecule has 0 radical (unpaired) electrons. The van der Waals surface area contributed by atoms with E-state index in [1.54, 1.807) is 0 Å². The Morgan fingerprint density at radius 2 is 1.75 bits per heavy atom. The van der Waals surface area contributed by atoms with Crippen molar-refractivity contribution in [3.8, 4) is 0 Å². The van der Waals surface area contributed by atoms with Gasteiger partial charge in [-0.2, -0.15) is 0 Å². The van der Waals surface area contributed by atoms with Gasteiger partial charge in [-0.1, -0.05) is 6.61 Å². The van der Waals surface area contributed by atoms with Gasteiger partial charge in [0.05, 0.1) is 0 Å². The van der Waals surface area contributed by atoms with Crippen LogP contribution in [0, 0.1) is 6.92 Å². The Morgan fingerprint density at radius 1 is 1.75 bits per heavy atom. The molecule has 0 saturated carbocycles. The van der Waals surface area contributed by atoms with E-state index in [1.807, 2.05) is 0 Å². The molecule has 0 unspecified atom stereocenters. The molecule has 2 heteroatoms. The normalized spacial score (nSPS) is 4.50. The predicted molar refractivity (Wildman–Crippen MR) is 12.4 cm³/mol. The first kappa shape index (κ1) is 8.88. The summed E-state index contributed by atoms with van der Waals surface area (Å²) in [6.07, 6.45) is 0. The van der Waals surface area contributed by atoms with Gasteiger partial charge < -0.3 is 12.0 Å². The number of aliphatic hydroxyl groups excluding tert-OH is 1. The molecule has 0 aliphatic carbocycles. The van der Waals surface area contributed by atoms with E-state index in [2.05, 4.69) is 6.92 Å². The van der Waals surface area contributed by atoms with Crippen molar-refractivity contribution in [3.05, 3.63) is 6.92 Å². The van der Waals surface area contributed by atoms with Gasteiger partial charge in [-0.15, -0.1) is 0 Å². The van der Waals surface area contributed by atoms with E-state index in [0.717, 1.165) is 0 Å². The van der Waals surface area contributed by atoms with E-state index < -0.39 is 0 Å². The van der Waals surface area contributed by atoms with Gasteiger partial charge in [0.2, 0.25) is 0 Å². The summed E-state index contributed by atoms with van der Waals surface area (Å²) >= 11 is 0. The van der Waals surface area contributed by atoms with Crippen molar-refractivity contribution >= 4 is 0 Å². The van der Waals surface area contributed by atoms with Crippen LogP contribution < -0.4 is 29.6 Å². The van der Waals surface area contributed by atoms with Gasteiger partial charge in [0.1, 0.15) is 0 Å². The van der Waals surface area contributed by atoms with Crippen LogP contribution in [0.5, 0.6) is 0 Å². The van der Waals surface area contributed by atoms with E-state index >= 15 is 0 Å². The van der Waals surface area contributed by atoms with Crippen LogP contribution in [0.15, 0.2) is 0 Å². The summed E-state index contributed by atoms with van der Waals surface area (Å²) in [5.41, 5.74) is 0. The fraction of sp³-hybridized carbons (Fsp3) is 0.500. The molecule has 0 atom stereocenters. The summed E-state index contributed by atoms with van der Waals surface area (Å²) in [5, 5.41) is 7.46. The number of rotatable bonds is 0. The Kier molecular flexibility index (Phi) is 20.0. The smallest absolute Gasteiger partial charge is 0.428 e. The second-order valence-electron chi connectivity index (χ2n) is 0.224. The van der Waals surface area contributed by atoms with Crippen LogP contribution in [0.3, 0.4) is 0 Å². The SMILES string of the molecule is [CH2-]CO.[Na+]. The topological polar surface area (TPSA) is 20.2 Å². The van der Waals surface area contributed by atoms with Crippen molar-refractivity contribution in [2.75, 3.05) is 6.61 Å².